The molecule has 2 saturated heterocycles. The number of rotatable bonds is 4. The van der Waals surface area contributed by atoms with Gasteiger partial charge in [-0.05, 0) is 32.6 Å². The number of hydrogen-bond acceptors (Lipinski definition) is 4. The van der Waals surface area contributed by atoms with Crippen molar-refractivity contribution in [3.8, 4) is 0 Å². The number of carbonyl (C=O) groups is 1. The first-order valence-corrected chi connectivity index (χ1v) is 9.23. The standard InChI is InChI=1S/C14H27N3O3S/c1-10(2)21(19,20)17-8-6-12(11(3)9-17)15-13-5-7-16(4)14(13)18/h10-13,15H,5-9H2,1-4H3/t11-,12-,13+/m1/s1. The average molecular weight is 317 g/mol. The van der Waals surface area contributed by atoms with Gasteiger partial charge in [-0.1, -0.05) is 6.92 Å². The minimum Gasteiger partial charge on any atom is -0.344 e. The van der Waals surface area contributed by atoms with Crippen molar-refractivity contribution in [2.45, 2.75) is 50.9 Å². The Balaban J connectivity index is 1.94. The Morgan fingerprint density at radius 2 is 1.90 bits per heavy atom. The van der Waals surface area contributed by atoms with Gasteiger partial charge in [0.25, 0.3) is 0 Å². The van der Waals surface area contributed by atoms with E-state index in [-0.39, 0.29) is 29.2 Å². The van der Waals surface area contributed by atoms with Gasteiger partial charge in [0.1, 0.15) is 0 Å². The Labute approximate surface area is 127 Å². The highest BCUT2D eigenvalue weighted by Gasteiger charge is 2.37. The van der Waals surface area contributed by atoms with Gasteiger partial charge in [0.15, 0.2) is 0 Å². The largest absolute Gasteiger partial charge is 0.344 e. The van der Waals surface area contributed by atoms with E-state index >= 15 is 0 Å². The van der Waals surface area contributed by atoms with Gasteiger partial charge in [0.2, 0.25) is 15.9 Å². The molecule has 2 aliphatic heterocycles. The summed E-state index contributed by atoms with van der Waals surface area (Å²) in [7, 11) is -1.35. The third-order valence-electron chi connectivity index (χ3n) is 4.67. The normalized spacial score (nSPS) is 32.1. The molecule has 1 N–H and O–H groups in total. The number of amides is 1. The van der Waals surface area contributed by atoms with Gasteiger partial charge in [-0.25, -0.2) is 12.7 Å². The molecule has 0 bridgehead atoms. The number of hydrogen-bond donors (Lipinski definition) is 1. The number of likely N-dealkylation sites (N-methyl/N-ethyl adjacent to an activating group) is 1. The van der Waals surface area contributed by atoms with E-state index in [2.05, 4.69) is 12.2 Å². The van der Waals surface area contributed by atoms with E-state index < -0.39 is 10.0 Å². The van der Waals surface area contributed by atoms with Crippen LogP contribution in [0.15, 0.2) is 0 Å². The van der Waals surface area contributed by atoms with Gasteiger partial charge in [0.05, 0.1) is 11.3 Å². The third-order valence-corrected chi connectivity index (χ3v) is 6.91. The number of carbonyl (C=O) groups excluding carboxylic acids is 1. The summed E-state index contributed by atoms with van der Waals surface area (Å²) < 4.78 is 26.0. The Kier molecular flexibility index (Phi) is 4.95. The van der Waals surface area contributed by atoms with Gasteiger partial charge in [-0.15, -0.1) is 0 Å². The molecule has 0 unspecified atom stereocenters. The second-order valence-corrected chi connectivity index (χ2v) is 9.08. The minimum absolute atomic E-state index is 0.101. The molecule has 0 spiro atoms. The Bertz CT molecular complexity index is 492. The second-order valence-electron chi connectivity index (χ2n) is 6.59. The van der Waals surface area contributed by atoms with Gasteiger partial charge in [-0.2, -0.15) is 0 Å². The van der Waals surface area contributed by atoms with E-state index in [1.807, 2.05) is 7.05 Å². The summed E-state index contributed by atoms with van der Waals surface area (Å²) in [6.07, 6.45) is 1.60. The fraction of sp³-hybridized carbons (Fsp3) is 0.929. The number of nitrogens with one attached hydrogen (secondary N) is 1. The van der Waals surface area contributed by atoms with Crippen LogP contribution in [0.3, 0.4) is 0 Å². The molecule has 0 aromatic rings. The third kappa shape index (κ3) is 3.40. The Morgan fingerprint density at radius 1 is 1.24 bits per heavy atom. The molecule has 2 aliphatic rings. The van der Waals surface area contributed by atoms with Crippen molar-refractivity contribution in [3.05, 3.63) is 0 Å². The summed E-state index contributed by atoms with van der Waals surface area (Å²) in [6.45, 7) is 7.37. The zero-order valence-electron chi connectivity index (χ0n) is 13.4. The van der Waals surface area contributed by atoms with Crippen molar-refractivity contribution in [2.24, 2.45) is 5.92 Å². The smallest absolute Gasteiger partial charge is 0.239 e. The van der Waals surface area contributed by atoms with Crippen molar-refractivity contribution < 1.29 is 13.2 Å². The van der Waals surface area contributed by atoms with Crippen LogP contribution in [0.2, 0.25) is 0 Å². The summed E-state index contributed by atoms with van der Waals surface area (Å²) >= 11 is 0. The molecular weight excluding hydrogens is 290 g/mol. The van der Waals surface area contributed by atoms with Crippen LogP contribution in [0.25, 0.3) is 0 Å². The van der Waals surface area contributed by atoms with E-state index in [1.54, 1.807) is 23.1 Å². The van der Waals surface area contributed by atoms with Crippen LogP contribution >= 0.6 is 0 Å². The molecule has 0 aromatic heterocycles. The maximum absolute atomic E-state index is 12.2. The first kappa shape index (κ1) is 16.7. The van der Waals surface area contributed by atoms with Crippen molar-refractivity contribution in [1.29, 1.82) is 0 Å². The van der Waals surface area contributed by atoms with E-state index in [0.29, 0.717) is 13.1 Å². The average Bonchev–Trinajstić information content (AvgIpc) is 2.72. The summed E-state index contributed by atoms with van der Waals surface area (Å²) in [6, 6.07) is 0.111. The highest BCUT2D eigenvalue weighted by molar-refractivity contribution is 7.89. The number of sulfonamides is 1. The molecule has 7 heteroatoms. The summed E-state index contributed by atoms with van der Waals surface area (Å²) in [5.41, 5.74) is 0. The van der Waals surface area contributed by atoms with Crippen LogP contribution in [-0.2, 0) is 14.8 Å². The van der Waals surface area contributed by atoms with Crippen molar-refractivity contribution >= 4 is 15.9 Å². The second kappa shape index (κ2) is 6.22. The summed E-state index contributed by atoms with van der Waals surface area (Å²) in [5, 5.41) is 3.06. The number of likely N-dealkylation sites (tertiary alicyclic amines) is 1. The highest BCUT2D eigenvalue weighted by Crippen LogP contribution is 2.23. The molecule has 0 aliphatic carbocycles. The fourth-order valence-corrected chi connectivity index (χ4v) is 4.52. The predicted octanol–water partition coefficient (Wildman–Crippen LogP) is 0.255. The quantitative estimate of drug-likeness (QED) is 0.807. The van der Waals surface area contributed by atoms with Gasteiger partial charge in [0, 0.05) is 32.7 Å². The van der Waals surface area contributed by atoms with Crippen LogP contribution in [0.4, 0.5) is 0 Å². The predicted molar refractivity (Wildman–Crippen MR) is 82.4 cm³/mol. The van der Waals surface area contributed by atoms with Crippen LogP contribution < -0.4 is 5.32 Å². The maximum atomic E-state index is 12.2. The lowest BCUT2D eigenvalue weighted by molar-refractivity contribution is -0.128. The fourth-order valence-electron chi connectivity index (χ4n) is 3.12. The maximum Gasteiger partial charge on any atom is 0.239 e. The van der Waals surface area contributed by atoms with Crippen molar-refractivity contribution in [2.75, 3.05) is 26.7 Å². The lowest BCUT2D eigenvalue weighted by Crippen LogP contribution is -2.54. The topological polar surface area (TPSA) is 69.7 Å². The number of nitrogens with zero attached hydrogens (tertiary/aromatic N) is 2. The van der Waals surface area contributed by atoms with E-state index in [4.69, 9.17) is 0 Å². The highest BCUT2D eigenvalue weighted by atomic mass is 32.2. The molecule has 0 saturated carbocycles. The van der Waals surface area contributed by atoms with Crippen LogP contribution in [0, 0.1) is 5.92 Å². The first-order chi connectivity index (χ1) is 9.73. The van der Waals surface area contributed by atoms with Crippen LogP contribution in [0.5, 0.6) is 0 Å². The van der Waals surface area contributed by atoms with Gasteiger partial charge < -0.3 is 10.2 Å². The van der Waals surface area contributed by atoms with Gasteiger partial charge in [-0.3, -0.25) is 4.79 Å². The summed E-state index contributed by atoms with van der Waals surface area (Å²) in [4.78, 5) is 13.7. The Hall–Kier alpha value is -0.660. The molecule has 122 valence electrons. The Morgan fingerprint density at radius 3 is 2.38 bits per heavy atom. The molecule has 2 fully saturated rings. The lowest BCUT2D eigenvalue weighted by Gasteiger charge is -2.38. The van der Waals surface area contributed by atoms with E-state index in [1.165, 1.54) is 0 Å². The molecule has 21 heavy (non-hydrogen) atoms. The first-order valence-electron chi connectivity index (χ1n) is 7.73. The monoisotopic (exact) mass is 317 g/mol. The van der Waals surface area contributed by atoms with E-state index in [0.717, 1.165) is 19.4 Å². The number of piperidine rings is 1. The molecule has 3 atom stereocenters. The molecule has 0 radical (unpaired) electrons. The van der Waals surface area contributed by atoms with Gasteiger partial charge >= 0.3 is 0 Å². The van der Waals surface area contributed by atoms with E-state index in [9.17, 15) is 13.2 Å². The van der Waals surface area contributed by atoms with Crippen molar-refractivity contribution in [1.82, 2.24) is 14.5 Å². The van der Waals surface area contributed by atoms with Crippen LogP contribution in [0.1, 0.15) is 33.6 Å². The molecular formula is C14H27N3O3S. The zero-order chi connectivity index (χ0) is 15.8. The lowest BCUT2D eigenvalue weighted by atomic mass is 9.94. The zero-order valence-corrected chi connectivity index (χ0v) is 14.2. The minimum atomic E-state index is -3.17. The molecule has 2 heterocycles. The van der Waals surface area contributed by atoms with Crippen LogP contribution in [-0.4, -0.2) is 67.5 Å². The molecule has 0 aromatic carbocycles. The molecule has 1 amide bonds. The molecule has 6 nitrogen and oxygen atoms in total. The summed E-state index contributed by atoms with van der Waals surface area (Å²) in [5.74, 6) is 0.366. The van der Waals surface area contributed by atoms with Crippen molar-refractivity contribution in [3.63, 3.8) is 0 Å². The SMILES string of the molecule is CC(C)S(=O)(=O)N1CC[C@@H](N[C@H]2CCN(C)C2=O)[C@H](C)C1. The molecule has 2 rings (SSSR count).